The first kappa shape index (κ1) is 10.3. The summed E-state index contributed by atoms with van der Waals surface area (Å²) in [6.45, 7) is 0. The van der Waals surface area contributed by atoms with Crippen molar-refractivity contribution in [3.8, 4) is 0 Å². The summed E-state index contributed by atoms with van der Waals surface area (Å²) in [7, 11) is 3.43. The van der Waals surface area contributed by atoms with Crippen molar-refractivity contribution in [2.45, 2.75) is 0 Å². The van der Waals surface area contributed by atoms with Gasteiger partial charge < -0.3 is 10.6 Å². The molecule has 0 saturated carbocycles. The average Bonchev–Trinajstić information content (AvgIpc) is 2.14. The summed E-state index contributed by atoms with van der Waals surface area (Å²) < 4.78 is 0. The zero-order valence-electron chi connectivity index (χ0n) is 8.40. The third kappa shape index (κ3) is 2.94. The van der Waals surface area contributed by atoms with E-state index in [-0.39, 0.29) is 5.91 Å². The number of benzene rings is 1. The molecule has 1 aromatic rings. The van der Waals surface area contributed by atoms with Crippen molar-refractivity contribution in [3.63, 3.8) is 0 Å². The van der Waals surface area contributed by atoms with Crippen molar-refractivity contribution in [3.05, 3.63) is 35.9 Å². The molecule has 1 amide bonds. The molecule has 0 aliphatic heterocycles. The molecule has 1 rings (SSSR count). The van der Waals surface area contributed by atoms with E-state index in [2.05, 4.69) is 0 Å². The van der Waals surface area contributed by atoms with Crippen LogP contribution in [0.3, 0.4) is 0 Å². The summed E-state index contributed by atoms with van der Waals surface area (Å²) in [5.41, 5.74) is 7.22. The molecule has 0 heterocycles. The highest BCUT2D eigenvalue weighted by Crippen LogP contribution is 2.07. The smallest absolute Gasteiger partial charge is 0.246 e. The first-order valence-electron chi connectivity index (χ1n) is 4.34. The summed E-state index contributed by atoms with van der Waals surface area (Å²) >= 11 is 0. The van der Waals surface area contributed by atoms with Gasteiger partial charge in [0.2, 0.25) is 5.91 Å². The van der Waals surface area contributed by atoms with Crippen LogP contribution in [0.1, 0.15) is 5.56 Å². The highest BCUT2D eigenvalue weighted by Gasteiger charge is 1.96. The molecule has 3 heteroatoms. The van der Waals surface area contributed by atoms with Gasteiger partial charge in [0, 0.05) is 25.9 Å². The van der Waals surface area contributed by atoms with Gasteiger partial charge in [-0.25, -0.2) is 0 Å². The zero-order valence-corrected chi connectivity index (χ0v) is 8.40. The average molecular weight is 190 g/mol. The number of carbonyl (C=O) groups is 1. The van der Waals surface area contributed by atoms with Crippen LogP contribution in [0.4, 0.5) is 5.69 Å². The second kappa shape index (κ2) is 4.46. The molecule has 0 saturated heterocycles. The number of nitrogens with zero attached hydrogens (tertiary/aromatic N) is 1. The normalized spacial score (nSPS) is 10.4. The quantitative estimate of drug-likeness (QED) is 0.565. The molecule has 0 atom stereocenters. The van der Waals surface area contributed by atoms with Crippen molar-refractivity contribution in [1.82, 2.24) is 4.90 Å². The lowest BCUT2D eigenvalue weighted by atomic mass is 10.2. The largest absolute Gasteiger partial charge is 0.399 e. The summed E-state index contributed by atoms with van der Waals surface area (Å²) in [4.78, 5) is 12.7. The summed E-state index contributed by atoms with van der Waals surface area (Å²) in [6.07, 6.45) is 3.27. The van der Waals surface area contributed by atoms with E-state index < -0.39 is 0 Å². The maximum atomic E-state index is 11.2. The lowest BCUT2D eigenvalue weighted by molar-refractivity contribution is -0.123. The van der Waals surface area contributed by atoms with E-state index in [9.17, 15) is 4.79 Å². The minimum atomic E-state index is -0.0348. The van der Waals surface area contributed by atoms with Crippen LogP contribution in [0.2, 0.25) is 0 Å². The number of rotatable bonds is 2. The van der Waals surface area contributed by atoms with Gasteiger partial charge in [0.15, 0.2) is 0 Å². The third-order valence-corrected chi connectivity index (χ3v) is 1.77. The predicted molar refractivity (Wildman–Crippen MR) is 58.6 cm³/mol. The van der Waals surface area contributed by atoms with Crippen LogP contribution in [0.15, 0.2) is 30.3 Å². The zero-order chi connectivity index (χ0) is 10.6. The van der Waals surface area contributed by atoms with Crippen LogP contribution >= 0.6 is 0 Å². The number of nitrogen functional groups attached to an aromatic ring is 1. The van der Waals surface area contributed by atoms with Crippen molar-refractivity contribution in [1.29, 1.82) is 0 Å². The Bertz CT molecular complexity index is 356. The second-order valence-electron chi connectivity index (χ2n) is 3.24. The van der Waals surface area contributed by atoms with E-state index in [4.69, 9.17) is 5.73 Å². The molecule has 74 valence electrons. The Morgan fingerprint density at radius 3 is 2.71 bits per heavy atom. The Morgan fingerprint density at radius 2 is 2.14 bits per heavy atom. The van der Waals surface area contributed by atoms with Crippen LogP contribution < -0.4 is 5.73 Å². The number of hydrogen-bond donors (Lipinski definition) is 1. The van der Waals surface area contributed by atoms with Gasteiger partial charge in [-0.3, -0.25) is 4.79 Å². The Labute approximate surface area is 83.8 Å². The molecular weight excluding hydrogens is 176 g/mol. The van der Waals surface area contributed by atoms with Gasteiger partial charge in [-0.2, -0.15) is 0 Å². The molecule has 3 nitrogen and oxygen atoms in total. The van der Waals surface area contributed by atoms with Crippen LogP contribution in [0.25, 0.3) is 6.08 Å². The van der Waals surface area contributed by atoms with Gasteiger partial charge in [0.25, 0.3) is 0 Å². The van der Waals surface area contributed by atoms with E-state index in [1.54, 1.807) is 20.2 Å². The molecule has 0 aliphatic rings. The Balaban J connectivity index is 2.74. The minimum absolute atomic E-state index is 0.0348. The van der Waals surface area contributed by atoms with E-state index in [0.717, 1.165) is 5.56 Å². The monoisotopic (exact) mass is 190 g/mol. The van der Waals surface area contributed by atoms with Gasteiger partial charge in [0.05, 0.1) is 0 Å². The second-order valence-corrected chi connectivity index (χ2v) is 3.24. The summed E-state index contributed by atoms with van der Waals surface area (Å²) in [6, 6.07) is 7.38. The lowest BCUT2D eigenvalue weighted by Gasteiger charge is -2.05. The van der Waals surface area contributed by atoms with E-state index in [1.165, 1.54) is 11.0 Å². The predicted octanol–water partition coefficient (Wildman–Crippen LogP) is 1.37. The van der Waals surface area contributed by atoms with Gasteiger partial charge >= 0.3 is 0 Å². The fraction of sp³-hybridized carbons (Fsp3) is 0.182. The van der Waals surface area contributed by atoms with E-state index >= 15 is 0 Å². The van der Waals surface area contributed by atoms with Crippen LogP contribution in [-0.4, -0.2) is 24.9 Å². The molecule has 14 heavy (non-hydrogen) atoms. The van der Waals surface area contributed by atoms with E-state index in [0.29, 0.717) is 5.69 Å². The topological polar surface area (TPSA) is 46.3 Å². The summed E-state index contributed by atoms with van der Waals surface area (Å²) in [5, 5.41) is 0. The van der Waals surface area contributed by atoms with Gasteiger partial charge in [-0.05, 0) is 23.8 Å². The molecule has 2 N–H and O–H groups in total. The van der Waals surface area contributed by atoms with Crippen LogP contribution in [-0.2, 0) is 4.79 Å². The Morgan fingerprint density at radius 1 is 1.43 bits per heavy atom. The highest BCUT2D eigenvalue weighted by atomic mass is 16.2. The van der Waals surface area contributed by atoms with Crippen LogP contribution in [0, 0.1) is 0 Å². The number of anilines is 1. The SMILES string of the molecule is CN(C)C(=O)/C=C/c1cccc(N)c1. The van der Waals surface area contributed by atoms with Gasteiger partial charge in [-0.15, -0.1) is 0 Å². The fourth-order valence-corrected chi connectivity index (χ4v) is 0.979. The number of carbonyl (C=O) groups excluding carboxylic acids is 1. The van der Waals surface area contributed by atoms with Gasteiger partial charge in [0.1, 0.15) is 0 Å². The molecule has 0 aromatic heterocycles. The molecule has 0 spiro atoms. The van der Waals surface area contributed by atoms with Gasteiger partial charge in [-0.1, -0.05) is 12.1 Å². The first-order chi connectivity index (χ1) is 6.59. The van der Waals surface area contributed by atoms with Crippen LogP contribution in [0.5, 0.6) is 0 Å². The minimum Gasteiger partial charge on any atom is -0.399 e. The van der Waals surface area contributed by atoms with Crippen molar-refractivity contribution in [2.75, 3.05) is 19.8 Å². The Kier molecular flexibility index (Phi) is 3.29. The Hall–Kier alpha value is -1.77. The molecular formula is C11H14N2O. The van der Waals surface area contributed by atoms with E-state index in [1.807, 2.05) is 24.3 Å². The highest BCUT2D eigenvalue weighted by molar-refractivity contribution is 5.91. The lowest BCUT2D eigenvalue weighted by Crippen LogP contribution is -2.18. The molecule has 1 aromatic carbocycles. The third-order valence-electron chi connectivity index (χ3n) is 1.77. The number of amides is 1. The molecule has 0 unspecified atom stereocenters. The fourth-order valence-electron chi connectivity index (χ4n) is 0.979. The molecule has 0 fully saturated rings. The molecule has 0 aliphatic carbocycles. The van der Waals surface area contributed by atoms with Crippen molar-refractivity contribution < 1.29 is 4.79 Å². The molecule has 0 radical (unpaired) electrons. The summed E-state index contributed by atoms with van der Waals surface area (Å²) in [5.74, 6) is -0.0348. The first-order valence-corrected chi connectivity index (χ1v) is 4.34. The number of likely N-dealkylation sites (N-methyl/N-ethyl adjacent to an activating group) is 1. The maximum Gasteiger partial charge on any atom is 0.246 e. The number of hydrogen-bond acceptors (Lipinski definition) is 2. The maximum absolute atomic E-state index is 11.2. The van der Waals surface area contributed by atoms with Crippen molar-refractivity contribution >= 4 is 17.7 Å². The van der Waals surface area contributed by atoms with Crippen molar-refractivity contribution in [2.24, 2.45) is 0 Å². The number of nitrogens with two attached hydrogens (primary N) is 1. The molecule has 0 bridgehead atoms. The standard InChI is InChI=1S/C11H14N2O/c1-13(2)11(14)7-6-9-4-3-5-10(12)8-9/h3-8H,12H2,1-2H3/b7-6+.